The number of amides is 1. The van der Waals surface area contributed by atoms with Crippen LogP contribution in [-0.2, 0) is 0 Å². The average molecular weight is 341 g/mol. The van der Waals surface area contributed by atoms with Crippen molar-refractivity contribution in [1.29, 1.82) is 0 Å². The number of benzene rings is 2. The Morgan fingerprint density at radius 3 is 2.29 bits per heavy atom. The summed E-state index contributed by atoms with van der Waals surface area (Å²) in [4.78, 5) is 13.4. The summed E-state index contributed by atoms with van der Waals surface area (Å²) in [7, 11) is 3.47. The lowest BCUT2D eigenvalue weighted by Gasteiger charge is -2.19. The number of nitrogens with one attached hydrogen (secondary N) is 2. The zero-order chi connectivity index (χ0) is 17.7. The molecule has 0 spiro atoms. The fourth-order valence-corrected chi connectivity index (χ4v) is 2.76. The standard InChI is InChI=1S/C19H23N3OS/c1-13-7-5-6-8-17(13)14(2)20-19(24)21-16-11-9-15(10-12-16)18(23)22(3)4/h5-12,14H,1-4H3,(H2,20,21,24)/t14-/m1/s1. The van der Waals surface area contributed by atoms with Gasteiger partial charge in [-0.1, -0.05) is 24.3 Å². The van der Waals surface area contributed by atoms with Crippen molar-refractivity contribution in [1.82, 2.24) is 10.2 Å². The third-order valence-corrected chi connectivity index (χ3v) is 4.02. The van der Waals surface area contributed by atoms with Crippen LogP contribution < -0.4 is 10.6 Å². The predicted molar refractivity (Wildman–Crippen MR) is 103 cm³/mol. The van der Waals surface area contributed by atoms with Gasteiger partial charge in [-0.15, -0.1) is 0 Å². The zero-order valence-corrected chi connectivity index (χ0v) is 15.3. The summed E-state index contributed by atoms with van der Waals surface area (Å²) < 4.78 is 0. The van der Waals surface area contributed by atoms with E-state index in [1.54, 1.807) is 31.1 Å². The van der Waals surface area contributed by atoms with E-state index in [4.69, 9.17) is 12.2 Å². The Bertz CT molecular complexity index is 726. The number of hydrogen-bond donors (Lipinski definition) is 2. The Balaban J connectivity index is 1.97. The van der Waals surface area contributed by atoms with Crippen molar-refractivity contribution in [3.8, 4) is 0 Å². The Hall–Kier alpha value is -2.40. The molecule has 0 heterocycles. The van der Waals surface area contributed by atoms with Crippen molar-refractivity contribution < 1.29 is 4.79 Å². The fourth-order valence-electron chi connectivity index (χ4n) is 2.47. The normalized spacial score (nSPS) is 11.5. The minimum atomic E-state index is -0.0181. The second-order valence-corrected chi connectivity index (χ2v) is 6.36. The molecule has 0 fully saturated rings. The number of carbonyl (C=O) groups excluding carboxylic acids is 1. The zero-order valence-electron chi connectivity index (χ0n) is 14.5. The maximum Gasteiger partial charge on any atom is 0.253 e. The highest BCUT2D eigenvalue weighted by molar-refractivity contribution is 7.80. The highest BCUT2D eigenvalue weighted by Gasteiger charge is 2.10. The Morgan fingerprint density at radius 2 is 1.71 bits per heavy atom. The molecule has 0 saturated carbocycles. The van der Waals surface area contributed by atoms with Crippen molar-refractivity contribution in [3.05, 3.63) is 65.2 Å². The van der Waals surface area contributed by atoms with Gasteiger partial charge in [-0.05, 0) is 61.5 Å². The fraction of sp³-hybridized carbons (Fsp3) is 0.263. The molecule has 24 heavy (non-hydrogen) atoms. The van der Waals surface area contributed by atoms with Crippen LogP contribution in [0.1, 0.15) is 34.5 Å². The van der Waals surface area contributed by atoms with Gasteiger partial charge in [-0.3, -0.25) is 4.79 Å². The van der Waals surface area contributed by atoms with E-state index in [1.165, 1.54) is 11.1 Å². The predicted octanol–water partition coefficient (Wildman–Crippen LogP) is 3.74. The Kier molecular flexibility index (Phi) is 5.93. The first kappa shape index (κ1) is 17.9. The van der Waals surface area contributed by atoms with E-state index >= 15 is 0 Å². The molecule has 0 aliphatic carbocycles. The second-order valence-electron chi connectivity index (χ2n) is 5.95. The molecular formula is C19H23N3OS. The average Bonchev–Trinajstić information content (AvgIpc) is 2.55. The van der Waals surface area contributed by atoms with Gasteiger partial charge in [0.25, 0.3) is 5.91 Å². The van der Waals surface area contributed by atoms with Crippen LogP contribution in [0, 0.1) is 6.92 Å². The topological polar surface area (TPSA) is 44.4 Å². The quantitative estimate of drug-likeness (QED) is 0.832. The molecule has 0 unspecified atom stereocenters. The summed E-state index contributed by atoms with van der Waals surface area (Å²) in [5.41, 5.74) is 3.94. The molecule has 1 amide bonds. The maximum atomic E-state index is 11.9. The van der Waals surface area contributed by atoms with Crippen molar-refractivity contribution >= 4 is 28.9 Å². The molecular weight excluding hydrogens is 318 g/mol. The van der Waals surface area contributed by atoms with Crippen LogP contribution in [-0.4, -0.2) is 30.0 Å². The molecule has 2 N–H and O–H groups in total. The summed E-state index contributed by atoms with van der Waals surface area (Å²) in [6.07, 6.45) is 0. The van der Waals surface area contributed by atoms with Gasteiger partial charge in [-0.25, -0.2) is 0 Å². The number of nitrogens with zero attached hydrogens (tertiary/aromatic N) is 1. The molecule has 2 rings (SSSR count). The van der Waals surface area contributed by atoms with Gasteiger partial charge in [0.2, 0.25) is 0 Å². The summed E-state index contributed by atoms with van der Waals surface area (Å²) in [5.74, 6) is -0.0181. The van der Waals surface area contributed by atoms with E-state index in [0.717, 1.165) is 5.69 Å². The third kappa shape index (κ3) is 4.55. The van der Waals surface area contributed by atoms with Crippen LogP contribution in [0.4, 0.5) is 5.69 Å². The van der Waals surface area contributed by atoms with E-state index in [1.807, 2.05) is 24.3 Å². The molecule has 5 heteroatoms. The molecule has 0 aliphatic heterocycles. The van der Waals surface area contributed by atoms with Gasteiger partial charge in [-0.2, -0.15) is 0 Å². The van der Waals surface area contributed by atoms with E-state index < -0.39 is 0 Å². The summed E-state index contributed by atoms with van der Waals surface area (Å²) in [6.45, 7) is 4.17. The minimum Gasteiger partial charge on any atom is -0.356 e. The van der Waals surface area contributed by atoms with Crippen LogP contribution in [0.5, 0.6) is 0 Å². The molecule has 126 valence electrons. The lowest BCUT2D eigenvalue weighted by atomic mass is 10.0. The van der Waals surface area contributed by atoms with Crippen LogP contribution >= 0.6 is 12.2 Å². The maximum absolute atomic E-state index is 11.9. The number of carbonyl (C=O) groups is 1. The molecule has 2 aromatic carbocycles. The Labute approximate surface area is 148 Å². The van der Waals surface area contributed by atoms with Crippen molar-refractivity contribution in [3.63, 3.8) is 0 Å². The monoisotopic (exact) mass is 341 g/mol. The summed E-state index contributed by atoms with van der Waals surface area (Å²) in [6, 6.07) is 15.6. The van der Waals surface area contributed by atoms with Gasteiger partial charge in [0.15, 0.2) is 5.11 Å². The number of thiocarbonyl (C=S) groups is 1. The van der Waals surface area contributed by atoms with Gasteiger partial charge in [0.1, 0.15) is 0 Å². The molecule has 0 bridgehead atoms. The van der Waals surface area contributed by atoms with Crippen molar-refractivity contribution in [2.45, 2.75) is 19.9 Å². The van der Waals surface area contributed by atoms with E-state index in [-0.39, 0.29) is 11.9 Å². The first-order chi connectivity index (χ1) is 11.4. The van der Waals surface area contributed by atoms with Crippen molar-refractivity contribution in [2.75, 3.05) is 19.4 Å². The van der Waals surface area contributed by atoms with Crippen LogP contribution in [0.15, 0.2) is 48.5 Å². The highest BCUT2D eigenvalue weighted by Crippen LogP contribution is 2.17. The minimum absolute atomic E-state index is 0.0181. The van der Waals surface area contributed by atoms with Crippen LogP contribution in [0.2, 0.25) is 0 Å². The van der Waals surface area contributed by atoms with E-state index in [2.05, 4.69) is 36.6 Å². The number of hydrogen-bond acceptors (Lipinski definition) is 2. The summed E-state index contributed by atoms with van der Waals surface area (Å²) >= 11 is 5.38. The lowest BCUT2D eigenvalue weighted by Crippen LogP contribution is -2.31. The first-order valence-electron chi connectivity index (χ1n) is 7.83. The van der Waals surface area contributed by atoms with Crippen LogP contribution in [0.3, 0.4) is 0 Å². The van der Waals surface area contributed by atoms with Gasteiger partial charge in [0.05, 0.1) is 6.04 Å². The van der Waals surface area contributed by atoms with Crippen molar-refractivity contribution in [2.24, 2.45) is 0 Å². The largest absolute Gasteiger partial charge is 0.356 e. The molecule has 0 radical (unpaired) electrons. The molecule has 0 aromatic heterocycles. The second kappa shape index (κ2) is 7.93. The van der Waals surface area contributed by atoms with E-state index in [0.29, 0.717) is 10.7 Å². The molecule has 4 nitrogen and oxygen atoms in total. The lowest BCUT2D eigenvalue weighted by molar-refractivity contribution is 0.0827. The van der Waals surface area contributed by atoms with Gasteiger partial charge < -0.3 is 15.5 Å². The SMILES string of the molecule is Cc1ccccc1[C@@H](C)NC(=S)Nc1ccc(C(=O)N(C)C)cc1. The smallest absolute Gasteiger partial charge is 0.253 e. The number of rotatable bonds is 4. The van der Waals surface area contributed by atoms with Gasteiger partial charge in [0, 0.05) is 25.3 Å². The number of aryl methyl sites for hydroxylation is 1. The summed E-state index contributed by atoms with van der Waals surface area (Å²) in [5, 5.41) is 6.99. The van der Waals surface area contributed by atoms with Crippen LogP contribution in [0.25, 0.3) is 0 Å². The molecule has 2 aromatic rings. The molecule has 0 aliphatic rings. The Morgan fingerprint density at radius 1 is 1.08 bits per heavy atom. The first-order valence-corrected chi connectivity index (χ1v) is 8.24. The molecule has 1 atom stereocenters. The molecule has 0 saturated heterocycles. The third-order valence-electron chi connectivity index (χ3n) is 3.80. The highest BCUT2D eigenvalue weighted by atomic mass is 32.1. The van der Waals surface area contributed by atoms with Gasteiger partial charge >= 0.3 is 0 Å². The number of anilines is 1. The van der Waals surface area contributed by atoms with E-state index in [9.17, 15) is 4.79 Å².